The number of benzene rings is 6. The van der Waals surface area contributed by atoms with Crippen LogP contribution < -0.4 is 14.5 Å². The Kier molecular flexibility index (Phi) is 12.9. The van der Waals surface area contributed by atoms with Crippen LogP contribution in [-0.2, 0) is 42.7 Å². The topological polar surface area (TPSA) is 36.8 Å². The summed E-state index contributed by atoms with van der Waals surface area (Å²) < 4.78 is 8.96. The predicted molar refractivity (Wildman–Crippen MR) is 307 cm³/mol. The second kappa shape index (κ2) is 18.8. The van der Waals surface area contributed by atoms with Crippen molar-refractivity contribution < 1.29 is 25.8 Å². The minimum Gasteiger partial charge on any atom is -0.509 e. The van der Waals surface area contributed by atoms with Crippen molar-refractivity contribution >= 4 is 56.9 Å². The zero-order valence-corrected chi connectivity index (χ0v) is 47.1. The molecule has 0 radical (unpaired) electrons. The van der Waals surface area contributed by atoms with Crippen molar-refractivity contribution in [3.05, 3.63) is 228 Å². The van der Waals surface area contributed by atoms with Crippen LogP contribution in [0.4, 0.5) is 17.1 Å². The summed E-state index contributed by atoms with van der Waals surface area (Å²) in [4.78, 5) is 11.9. The quantitative estimate of drug-likeness (QED) is 0.117. The Morgan fingerprint density at radius 2 is 1.22 bits per heavy atom. The first-order valence-corrected chi connectivity index (χ1v) is 25.7. The first-order chi connectivity index (χ1) is 34.7. The zero-order valence-electron chi connectivity index (χ0n) is 44.8. The third-order valence-corrected chi connectivity index (χ3v) is 14.6. The Morgan fingerprint density at radius 1 is 0.568 bits per heavy atom. The summed E-state index contributed by atoms with van der Waals surface area (Å²) in [5.74, 6) is 4.51. The summed E-state index contributed by atoms with van der Waals surface area (Å²) in [5, 5.41) is 2.23. The molecular weight excluding hydrogens is 1080 g/mol. The number of rotatable bonds is 7. The van der Waals surface area contributed by atoms with E-state index in [1.54, 1.807) is 0 Å². The molecule has 0 N–H and O–H groups in total. The summed E-state index contributed by atoms with van der Waals surface area (Å²) >= 11 is 0. The fraction of sp³-hybridized carbons (Fsp3) is 0.242. The van der Waals surface area contributed by atoms with E-state index in [4.69, 9.17) is 9.72 Å². The van der Waals surface area contributed by atoms with Gasteiger partial charge < -0.3 is 23.9 Å². The maximum absolute atomic E-state index is 6.75. The molecule has 3 aliphatic heterocycles. The van der Waals surface area contributed by atoms with Crippen LogP contribution in [-0.4, -0.2) is 21.2 Å². The summed E-state index contributed by atoms with van der Waals surface area (Å²) in [6, 6.07) is 55.2. The van der Waals surface area contributed by atoms with Gasteiger partial charge in [0.05, 0.1) is 0 Å². The molecule has 0 aliphatic carbocycles. The van der Waals surface area contributed by atoms with E-state index in [0.29, 0.717) is 11.5 Å². The van der Waals surface area contributed by atoms with Gasteiger partial charge in [-0.2, -0.15) is 12.1 Å². The van der Waals surface area contributed by atoms with Crippen LogP contribution in [0, 0.1) is 18.8 Å². The molecule has 0 atom stereocenters. The summed E-state index contributed by atoms with van der Waals surface area (Å²) in [7, 11) is 0. The number of anilines is 3. The number of pyridine rings is 1. The molecule has 11 rings (SSSR count). The van der Waals surface area contributed by atoms with E-state index in [1.165, 1.54) is 50.1 Å². The van der Waals surface area contributed by atoms with E-state index in [0.717, 1.165) is 44.7 Å². The number of ether oxygens (including phenoxy) is 1. The summed E-state index contributed by atoms with van der Waals surface area (Å²) in [5.41, 5.74) is 16.0. The molecule has 5 heterocycles. The smallest absolute Gasteiger partial charge is 0.335 e. The molecule has 8 aromatic rings. The predicted octanol–water partition coefficient (Wildman–Crippen LogP) is 16.8. The van der Waals surface area contributed by atoms with Gasteiger partial charge in [-0.3, -0.25) is 0 Å². The molecule has 3 aliphatic rings. The molecule has 0 fully saturated rings. The minimum atomic E-state index is -0.125. The molecule has 376 valence electrons. The van der Waals surface area contributed by atoms with Crippen molar-refractivity contribution in [3.8, 4) is 17.3 Å². The van der Waals surface area contributed by atoms with E-state index in [9.17, 15) is 0 Å². The maximum Gasteiger partial charge on any atom is 0.335 e. The van der Waals surface area contributed by atoms with Gasteiger partial charge >= 0.3 is 6.85 Å². The third kappa shape index (κ3) is 9.38. The van der Waals surface area contributed by atoms with Crippen LogP contribution in [0.15, 0.2) is 176 Å². The number of fused-ring (bicyclic) bond motifs is 5. The Balaban J connectivity index is 0.00000626. The zero-order chi connectivity index (χ0) is 51.2. The SMILES string of the molecule is CC(C)(C)c1cc(C2=C(N3[CH-]N(c4[c-]c(Oc5[c-]c6c(cc5)c5ccccc5n6-c5cc(C(C)(C)C)ccn5)ccc4)c4ccccc43)B3C=C(c4ccccc4C(C)(C)C)C=CN3C=C2)cc(C(C)(C)C)c1.[Pt]. The second-order valence-electron chi connectivity index (χ2n) is 24.0. The van der Waals surface area contributed by atoms with Crippen LogP contribution in [0.3, 0.4) is 0 Å². The van der Waals surface area contributed by atoms with Gasteiger partial charge in [-0.15, -0.1) is 48.1 Å². The number of para-hydroxylation sites is 3. The van der Waals surface area contributed by atoms with E-state index in [-0.39, 0.29) is 49.6 Å². The minimum absolute atomic E-state index is 0. The van der Waals surface area contributed by atoms with E-state index < -0.39 is 0 Å². The van der Waals surface area contributed by atoms with Gasteiger partial charge in [-0.25, -0.2) is 4.98 Å². The van der Waals surface area contributed by atoms with Crippen LogP contribution in [0.2, 0.25) is 0 Å². The molecule has 6 nitrogen and oxygen atoms in total. The summed E-state index contributed by atoms with van der Waals surface area (Å²) in [6.07, 6.45) is 11.0. The second-order valence-corrected chi connectivity index (χ2v) is 24.0. The van der Waals surface area contributed by atoms with Gasteiger partial charge in [0.1, 0.15) is 5.82 Å². The van der Waals surface area contributed by atoms with E-state index in [2.05, 4.69) is 267 Å². The van der Waals surface area contributed by atoms with Crippen LogP contribution in [0.5, 0.6) is 11.5 Å². The van der Waals surface area contributed by atoms with Crippen molar-refractivity contribution in [3.63, 3.8) is 0 Å². The molecule has 8 heteroatoms. The van der Waals surface area contributed by atoms with E-state index >= 15 is 0 Å². The van der Waals surface area contributed by atoms with Crippen LogP contribution >= 0.6 is 0 Å². The Morgan fingerprint density at radius 3 is 1.93 bits per heavy atom. The average molecular weight is 1150 g/mol. The first-order valence-electron chi connectivity index (χ1n) is 25.7. The van der Waals surface area contributed by atoms with Gasteiger partial charge in [0.25, 0.3) is 0 Å². The summed E-state index contributed by atoms with van der Waals surface area (Å²) in [6.45, 7) is 29.6. The van der Waals surface area contributed by atoms with Gasteiger partial charge in [-0.05, 0) is 132 Å². The van der Waals surface area contributed by atoms with Gasteiger partial charge in [-0.1, -0.05) is 167 Å². The van der Waals surface area contributed by atoms with Crippen molar-refractivity contribution in [2.75, 3.05) is 9.80 Å². The molecular formula is C66H65BN5OPt-3. The monoisotopic (exact) mass is 1150 g/mol. The Labute approximate surface area is 454 Å². The number of hydrogen-bond acceptors (Lipinski definition) is 5. The molecule has 0 saturated heterocycles. The molecule has 74 heavy (non-hydrogen) atoms. The molecule has 6 aromatic carbocycles. The Bertz CT molecular complexity index is 3570. The molecule has 2 aromatic heterocycles. The third-order valence-electron chi connectivity index (χ3n) is 14.6. The van der Waals surface area contributed by atoms with Crippen molar-refractivity contribution in [1.29, 1.82) is 0 Å². The van der Waals surface area contributed by atoms with Gasteiger partial charge in [0, 0.05) is 55.7 Å². The maximum atomic E-state index is 6.75. The Hall–Kier alpha value is -6.82. The molecule has 0 amide bonds. The number of hydrogen-bond donors (Lipinski definition) is 0. The molecule has 0 bridgehead atoms. The van der Waals surface area contributed by atoms with Crippen molar-refractivity contribution in [2.24, 2.45) is 0 Å². The van der Waals surface area contributed by atoms with Gasteiger partial charge in [0.2, 0.25) is 0 Å². The standard InChI is InChI=1S/C66H65BN5O.Pt/c1-63(2,3)46-30-33-68-61(39-46)72-57-25-16-14-23-54(57)55-29-28-51(41-60(55)72)73-50-21-19-20-49(40-50)70-43-71(59-27-18-17-26-58(59)70)62-53(45-36-47(64(4,5)6)38-48(37-45)65(7,8)9)32-35-69-34-31-44(42-67(62)69)52-22-13-15-24-56(52)66(10,11)12;/h13-39,42-43H,1-12H3;/q-3;. The fourth-order valence-electron chi connectivity index (χ4n) is 10.5. The van der Waals surface area contributed by atoms with Crippen LogP contribution in [0.25, 0.3) is 38.8 Å². The number of nitrogens with zero attached hydrogens (tertiary/aromatic N) is 5. The van der Waals surface area contributed by atoms with Crippen molar-refractivity contribution in [2.45, 2.75) is 105 Å². The number of allylic oxidation sites excluding steroid dienone is 4. The first kappa shape index (κ1) is 50.7. The van der Waals surface area contributed by atoms with Crippen LogP contribution in [0.1, 0.15) is 116 Å². The van der Waals surface area contributed by atoms with E-state index in [1.807, 2.05) is 24.4 Å². The molecule has 0 saturated carbocycles. The van der Waals surface area contributed by atoms with Crippen molar-refractivity contribution in [1.82, 2.24) is 14.4 Å². The number of aromatic nitrogens is 2. The average Bonchev–Trinajstić information content (AvgIpc) is 3.91. The molecule has 0 unspecified atom stereocenters. The largest absolute Gasteiger partial charge is 0.509 e. The molecule has 0 spiro atoms. The fourth-order valence-corrected chi connectivity index (χ4v) is 10.5. The normalized spacial score (nSPS) is 14.9. The van der Waals surface area contributed by atoms with Gasteiger partial charge in [0.15, 0.2) is 0 Å².